The Morgan fingerprint density at radius 1 is 0.963 bits per heavy atom. The number of nitrogens with one attached hydrogen (secondary N) is 1. The van der Waals surface area contributed by atoms with Crippen LogP contribution in [-0.2, 0) is 22.5 Å². The minimum absolute atomic E-state index is 0.0226. The van der Waals surface area contributed by atoms with Gasteiger partial charge in [0.05, 0.1) is 20.8 Å². The lowest BCUT2D eigenvalue weighted by Gasteiger charge is -2.11. The van der Waals surface area contributed by atoms with Gasteiger partial charge in [0.15, 0.2) is 0 Å². The van der Waals surface area contributed by atoms with Gasteiger partial charge >= 0.3 is 0 Å². The molecule has 0 aliphatic heterocycles. The Morgan fingerprint density at radius 3 is 2.56 bits per heavy atom. The molecule has 2 rings (SSSR count). The van der Waals surface area contributed by atoms with Gasteiger partial charge in [-0.1, -0.05) is 12.1 Å². The molecular formula is C21H27NO5. The summed E-state index contributed by atoms with van der Waals surface area (Å²) < 4.78 is 21.1. The summed E-state index contributed by atoms with van der Waals surface area (Å²) in [5.41, 5.74) is 1.93. The predicted molar refractivity (Wildman–Crippen MR) is 104 cm³/mol. The smallest absolute Gasteiger partial charge is 0.220 e. The third kappa shape index (κ3) is 6.83. The third-order valence-corrected chi connectivity index (χ3v) is 4.05. The van der Waals surface area contributed by atoms with E-state index in [-0.39, 0.29) is 5.91 Å². The van der Waals surface area contributed by atoms with Crippen LogP contribution in [0.25, 0.3) is 0 Å². The molecule has 1 amide bonds. The van der Waals surface area contributed by atoms with Gasteiger partial charge in [-0.2, -0.15) is 0 Å². The first kappa shape index (κ1) is 20.6. The Balaban J connectivity index is 1.84. The summed E-state index contributed by atoms with van der Waals surface area (Å²) in [6.45, 7) is 1.49. The maximum absolute atomic E-state index is 12.2. The quantitative estimate of drug-likeness (QED) is 0.614. The summed E-state index contributed by atoms with van der Waals surface area (Å²) in [5.74, 6) is 2.24. The minimum atomic E-state index is -0.0226. The van der Waals surface area contributed by atoms with E-state index >= 15 is 0 Å². The van der Waals surface area contributed by atoms with Crippen molar-refractivity contribution in [3.8, 4) is 17.2 Å². The van der Waals surface area contributed by atoms with Gasteiger partial charge in [-0.05, 0) is 47.9 Å². The summed E-state index contributed by atoms with van der Waals surface area (Å²) in [4.78, 5) is 12.2. The number of benzene rings is 2. The lowest BCUT2D eigenvalue weighted by Crippen LogP contribution is -2.23. The van der Waals surface area contributed by atoms with E-state index in [1.807, 2.05) is 42.5 Å². The number of rotatable bonds is 11. The van der Waals surface area contributed by atoms with Crippen molar-refractivity contribution in [2.45, 2.75) is 19.4 Å². The van der Waals surface area contributed by atoms with Crippen molar-refractivity contribution in [1.29, 1.82) is 0 Å². The molecule has 6 heteroatoms. The number of carbonyl (C=O) groups excluding carboxylic acids is 1. The summed E-state index contributed by atoms with van der Waals surface area (Å²) in [7, 11) is 4.87. The maximum atomic E-state index is 12.2. The highest BCUT2D eigenvalue weighted by Crippen LogP contribution is 2.25. The molecule has 1 N–H and O–H groups in total. The summed E-state index contributed by atoms with van der Waals surface area (Å²) >= 11 is 0. The molecular weight excluding hydrogens is 346 g/mol. The molecule has 27 heavy (non-hydrogen) atoms. The highest BCUT2D eigenvalue weighted by Gasteiger charge is 2.08. The second-order valence-corrected chi connectivity index (χ2v) is 5.94. The molecule has 2 aromatic carbocycles. The van der Waals surface area contributed by atoms with Crippen LogP contribution in [0, 0.1) is 0 Å². The molecule has 0 unspecified atom stereocenters. The van der Waals surface area contributed by atoms with E-state index in [0.717, 1.165) is 28.4 Å². The second-order valence-electron chi connectivity index (χ2n) is 5.94. The van der Waals surface area contributed by atoms with Crippen molar-refractivity contribution in [2.24, 2.45) is 0 Å². The Morgan fingerprint density at radius 2 is 1.81 bits per heavy atom. The normalized spacial score (nSPS) is 10.3. The standard InChI is InChI=1S/C21H27NO5/c1-24-11-12-27-19-6-4-5-16(13-19)15-22-21(23)10-7-17-14-18(25-2)8-9-20(17)26-3/h4-6,8-9,13-14H,7,10-12,15H2,1-3H3,(H,22,23). The molecule has 0 bridgehead atoms. The van der Waals surface area contributed by atoms with Crippen molar-refractivity contribution >= 4 is 5.91 Å². The predicted octanol–water partition coefficient (Wildman–Crippen LogP) is 2.98. The Labute approximate surface area is 160 Å². The molecule has 146 valence electrons. The molecule has 0 aliphatic carbocycles. The zero-order chi connectivity index (χ0) is 19.5. The van der Waals surface area contributed by atoms with Crippen LogP contribution in [0.3, 0.4) is 0 Å². The highest BCUT2D eigenvalue weighted by atomic mass is 16.5. The van der Waals surface area contributed by atoms with Crippen LogP contribution in [0.15, 0.2) is 42.5 Å². The molecule has 0 fully saturated rings. The Kier molecular flexibility index (Phi) is 8.45. The molecule has 0 saturated carbocycles. The fourth-order valence-corrected chi connectivity index (χ4v) is 2.60. The number of aryl methyl sites for hydroxylation is 1. The van der Waals surface area contributed by atoms with Gasteiger partial charge in [-0.15, -0.1) is 0 Å². The van der Waals surface area contributed by atoms with Crippen LogP contribution in [-0.4, -0.2) is 40.5 Å². The SMILES string of the molecule is COCCOc1cccc(CNC(=O)CCc2cc(OC)ccc2OC)c1. The fourth-order valence-electron chi connectivity index (χ4n) is 2.60. The van der Waals surface area contributed by atoms with E-state index in [4.69, 9.17) is 18.9 Å². The van der Waals surface area contributed by atoms with E-state index in [2.05, 4.69) is 5.32 Å². The van der Waals surface area contributed by atoms with Gasteiger partial charge < -0.3 is 24.3 Å². The lowest BCUT2D eigenvalue weighted by atomic mass is 10.1. The molecule has 0 atom stereocenters. The maximum Gasteiger partial charge on any atom is 0.220 e. The Hall–Kier alpha value is -2.73. The molecule has 0 spiro atoms. The fraction of sp³-hybridized carbons (Fsp3) is 0.381. The number of carbonyl (C=O) groups is 1. The Bertz CT molecular complexity index is 732. The third-order valence-electron chi connectivity index (χ3n) is 4.05. The van der Waals surface area contributed by atoms with Gasteiger partial charge in [0.2, 0.25) is 5.91 Å². The number of ether oxygens (including phenoxy) is 4. The van der Waals surface area contributed by atoms with Crippen LogP contribution < -0.4 is 19.5 Å². The average molecular weight is 373 g/mol. The van der Waals surface area contributed by atoms with Gasteiger partial charge in [0, 0.05) is 20.1 Å². The van der Waals surface area contributed by atoms with Crippen molar-refractivity contribution in [3.05, 3.63) is 53.6 Å². The van der Waals surface area contributed by atoms with Crippen LogP contribution in [0.2, 0.25) is 0 Å². The van der Waals surface area contributed by atoms with Crippen molar-refractivity contribution in [1.82, 2.24) is 5.32 Å². The van der Waals surface area contributed by atoms with Crippen LogP contribution >= 0.6 is 0 Å². The van der Waals surface area contributed by atoms with Crippen LogP contribution in [0.1, 0.15) is 17.5 Å². The number of hydrogen-bond donors (Lipinski definition) is 1. The van der Waals surface area contributed by atoms with E-state index < -0.39 is 0 Å². The van der Waals surface area contributed by atoms with Gasteiger partial charge in [0.25, 0.3) is 0 Å². The first-order valence-electron chi connectivity index (χ1n) is 8.84. The summed E-state index contributed by atoms with van der Waals surface area (Å²) in [6.07, 6.45) is 0.944. The monoisotopic (exact) mass is 373 g/mol. The molecule has 0 aliphatic rings. The lowest BCUT2D eigenvalue weighted by molar-refractivity contribution is -0.121. The molecule has 6 nitrogen and oxygen atoms in total. The van der Waals surface area contributed by atoms with Crippen molar-refractivity contribution in [2.75, 3.05) is 34.5 Å². The molecule has 2 aromatic rings. The zero-order valence-electron chi connectivity index (χ0n) is 16.1. The van der Waals surface area contributed by atoms with Crippen LogP contribution in [0.4, 0.5) is 0 Å². The number of hydrogen-bond acceptors (Lipinski definition) is 5. The molecule has 0 radical (unpaired) electrons. The van der Waals surface area contributed by atoms with E-state index in [9.17, 15) is 4.79 Å². The van der Waals surface area contributed by atoms with Gasteiger partial charge in [-0.3, -0.25) is 4.79 Å². The van der Waals surface area contributed by atoms with Gasteiger partial charge in [0.1, 0.15) is 23.9 Å². The first-order chi connectivity index (χ1) is 13.2. The molecule has 0 aromatic heterocycles. The number of amides is 1. The largest absolute Gasteiger partial charge is 0.497 e. The van der Waals surface area contributed by atoms with Crippen molar-refractivity contribution < 1.29 is 23.7 Å². The zero-order valence-corrected chi connectivity index (χ0v) is 16.1. The summed E-state index contributed by atoms with van der Waals surface area (Å²) in [5, 5.41) is 2.94. The van der Waals surface area contributed by atoms with E-state index in [0.29, 0.717) is 32.6 Å². The minimum Gasteiger partial charge on any atom is -0.497 e. The van der Waals surface area contributed by atoms with E-state index in [1.54, 1.807) is 21.3 Å². The second kappa shape index (κ2) is 11.1. The highest BCUT2D eigenvalue weighted by molar-refractivity contribution is 5.76. The summed E-state index contributed by atoms with van der Waals surface area (Å²) in [6, 6.07) is 13.2. The van der Waals surface area contributed by atoms with Crippen molar-refractivity contribution in [3.63, 3.8) is 0 Å². The van der Waals surface area contributed by atoms with Gasteiger partial charge in [-0.25, -0.2) is 0 Å². The first-order valence-corrected chi connectivity index (χ1v) is 8.84. The van der Waals surface area contributed by atoms with E-state index in [1.165, 1.54) is 0 Å². The molecule has 0 heterocycles. The average Bonchev–Trinajstić information content (AvgIpc) is 2.71. The molecule has 0 saturated heterocycles. The van der Waals surface area contributed by atoms with Crippen LogP contribution in [0.5, 0.6) is 17.2 Å². The number of methoxy groups -OCH3 is 3. The topological polar surface area (TPSA) is 66.0 Å².